The van der Waals surface area contributed by atoms with Gasteiger partial charge in [-0.15, -0.1) is 23.2 Å². The van der Waals surface area contributed by atoms with Crippen LogP contribution in [0.3, 0.4) is 0 Å². The Hall–Kier alpha value is -3.73. The SMILES string of the molecule is N#CCC(N)=Nc1c(F)ccc(NC(=O)C2=CC(NC(=O)[C@H]3[C@H](c4ccc(F)c(C(F)(F)F)c4)C3(Cl)Cl)CC=C2Cl)c1F. The molecule has 16 heteroatoms. The lowest BCUT2D eigenvalue weighted by Crippen LogP contribution is -2.37. The van der Waals surface area contributed by atoms with Crippen LogP contribution in [0.15, 0.2) is 58.1 Å². The van der Waals surface area contributed by atoms with Crippen molar-refractivity contribution < 1.29 is 35.9 Å². The molecule has 43 heavy (non-hydrogen) atoms. The Balaban J connectivity index is 1.50. The smallest absolute Gasteiger partial charge is 0.386 e. The zero-order chi connectivity index (χ0) is 31.9. The molecule has 0 radical (unpaired) electrons. The number of rotatable bonds is 7. The molecule has 1 saturated carbocycles. The Kier molecular flexibility index (Phi) is 9.06. The molecule has 1 fully saturated rings. The van der Waals surface area contributed by atoms with Crippen LogP contribution < -0.4 is 16.4 Å². The molecule has 4 N–H and O–H groups in total. The highest BCUT2D eigenvalue weighted by molar-refractivity contribution is 6.53. The molecular formula is C27H18Cl3F6N5O2. The lowest BCUT2D eigenvalue weighted by Gasteiger charge is -2.20. The van der Waals surface area contributed by atoms with Gasteiger partial charge in [-0.2, -0.15) is 18.4 Å². The van der Waals surface area contributed by atoms with E-state index in [1.165, 1.54) is 12.2 Å². The molecule has 2 amide bonds. The second-order valence-electron chi connectivity index (χ2n) is 9.50. The third kappa shape index (κ3) is 6.76. The van der Waals surface area contributed by atoms with Crippen molar-refractivity contribution in [2.75, 3.05) is 5.32 Å². The minimum Gasteiger partial charge on any atom is -0.386 e. The average molecular weight is 665 g/mol. The maximum Gasteiger partial charge on any atom is 0.419 e. The van der Waals surface area contributed by atoms with Gasteiger partial charge in [-0.25, -0.2) is 18.2 Å². The Morgan fingerprint density at radius 3 is 2.47 bits per heavy atom. The summed E-state index contributed by atoms with van der Waals surface area (Å²) in [6.07, 6.45) is -2.66. The topological polar surface area (TPSA) is 120 Å². The monoisotopic (exact) mass is 663 g/mol. The number of benzene rings is 2. The van der Waals surface area contributed by atoms with Crippen molar-refractivity contribution >= 4 is 63.8 Å². The van der Waals surface area contributed by atoms with Gasteiger partial charge >= 0.3 is 6.18 Å². The zero-order valence-corrected chi connectivity index (χ0v) is 23.6. The molecule has 4 rings (SSSR count). The normalized spacial score (nSPS) is 21.3. The van der Waals surface area contributed by atoms with Gasteiger partial charge in [0.05, 0.1) is 41.3 Å². The number of aliphatic imine (C=N–C) groups is 1. The highest BCUT2D eigenvalue weighted by atomic mass is 35.5. The maximum absolute atomic E-state index is 14.9. The van der Waals surface area contributed by atoms with E-state index in [-0.39, 0.29) is 28.4 Å². The Labute approximate surface area is 255 Å². The van der Waals surface area contributed by atoms with E-state index < -0.39 is 81.0 Å². The van der Waals surface area contributed by atoms with Crippen molar-refractivity contribution in [2.24, 2.45) is 16.6 Å². The first-order valence-electron chi connectivity index (χ1n) is 12.2. The summed E-state index contributed by atoms with van der Waals surface area (Å²) in [4.78, 5) is 29.5. The first-order valence-corrected chi connectivity index (χ1v) is 13.3. The fourth-order valence-electron chi connectivity index (χ4n) is 4.46. The number of amides is 2. The van der Waals surface area contributed by atoms with Crippen LogP contribution in [0.5, 0.6) is 0 Å². The van der Waals surface area contributed by atoms with Gasteiger partial charge in [-0.1, -0.05) is 23.7 Å². The number of anilines is 1. The molecule has 0 aliphatic heterocycles. The van der Waals surface area contributed by atoms with Crippen LogP contribution in [-0.4, -0.2) is 28.0 Å². The van der Waals surface area contributed by atoms with Crippen molar-refractivity contribution in [3.63, 3.8) is 0 Å². The van der Waals surface area contributed by atoms with Gasteiger partial charge in [0, 0.05) is 11.0 Å². The number of halogens is 9. The minimum absolute atomic E-state index is 0.0543. The van der Waals surface area contributed by atoms with Gasteiger partial charge in [0.1, 0.15) is 21.7 Å². The average Bonchev–Trinajstić information content (AvgIpc) is 3.50. The quantitative estimate of drug-likeness (QED) is 0.136. The summed E-state index contributed by atoms with van der Waals surface area (Å²) in [5.74, 6) is -8.24. The number of alkyl halides is 5. The van der Waals surface area contributed by atoms with Gasteiger partial charge in [-0.3, -0.25) is 9.59 Å². The van der Waals surface area contributed by atoms with Crippen molar-refractivity contribution in [3.05, 3.63) is 81.7 Å². The molecule has 2 aliphatic rings. The number of hydrogen-bond acceptors (Lipinski definition) is 4. The highest BCUT2D eigenvalue weighted by Crippen LogP contribution is 2.65. The summed E-state index contributed by atoms with van der Waals surface area (Å²) in [6.45, 7) is 0. The maximum atomic E-state index is 14.9. The fraction of sp³-hybridized carbons (Fsp3) is 0.259. The summed E-state index contributed by atoms with van der Waals surface area (Å²) < 4.78 is 80.6. The molecule has 0 heterocycles. The van der Waals surface area contributed by atoms with Crippen LogP contribution in [0.1, 0.15) is 29.9 Å². The minimum atomic E-state index is -4.99. The Bertz CT molecular complexity index is 1630. The van der Waals surface area contributed by atoms with Crippen LogP contribution in [0.2, 0.25) is 0 Å². The molecule has 0 bridgehead atoms. The number of nitrogens with one attached hydrogen (secondary N) is 2. The Morgan fingerprint density at radius 1 is 1.14 bits per heavy atom. The molecule has 2 aromatic carbocycles. The molecule has 0 aromatic heterocycles. The van der Waals surface area contributed by atoms with E-state index in [0.29, 0.717) is 12.1 Å². The first kappa shape index (κ1) is 32.2. The summed E-state index contributed by atoms with van der Waals surface area (Å²) in [7, 11) is 0. The molecule has 7 nitrogen and oxygen atoms in total. The summed E-state index contributed by atoms with van der Waals surface area (Å²) in [5, 5.41) is 13.4. The molecule has 2 aliphatic carbocycles. The predicted molar refractivity (Wildman–Crippen MR) is 147 cm³/mol. The fourth-order valence-corrected chi connectivity index (χ4v) is 5.53. The van der Waals surface area contributed by atoms with Crippen LogP contribution >= 0.6 is 34.8 Å². The molecule has 226 valence electrons. The Morgan fingerprint density at radius 2 is 1.81 bits per heavy atom. The lowest BCUT2D eigenvalue weighted by molar-refractivity contribution is -0.140. The van der Waals surface area contributed by atoms with Crippen molar-refractivity contribution in [2.45, 2.75) is 35.3 Å². The van der Waals surface area contributed by atoms with Crippen LogP contribution in [0.4, 0.5) is 37.7 Å². The molecular weight excluding hydrogens is 647 g/mol. The highest BCUT2D eigenvalue weighted by Gasteiger charge is 2.68. The summed E-state index contributed by atoms with van der Waals surface area (Å²) in [6, 6.07) is 4.76. The van der Waals surface area contributed by atoms with Crippen molar-refractivity contribution in [1.82, 2.24) is 5.32 Å². The largest absolute Gasteiger partial charge is 0.419 e. The van der Waals surface area contributed by atoms with Gasteiger partial charge in [0.25, 0.3) is 5.91 Å². The van der Waals surface area contributed by atoms with Gasteiger partial charge in [-0.05, 0) is 42.3 Å². The lowest BCUT2D eigenvalue weighted by atomic mass is 10.0. The first-order chi connectivity index (χ1) is 20.1. The number of carbonyl (C=O) groups is 2. The van der Waals surface area contributed by atoms with Crippen LogP contribution in [0, 0.1) is 34.7 Å². The van der Waals surface area contributed by atoms with Crippen LogP contribution in [0.25, 0.3) is 0 Å². The van der Waals surface area contributed by atoms with Crippen LogP contribution in [-0.2, 0) is 15.8 Å². The second-order valence-corrected chi connectivity index (χ2v) is 11.4. The van der Waals surface area contributed by atoms with Gasteiger partial charge in [0.2, 0.25) is 5.91 Å². The van der Waals surface area contributed by atoms with E-state index in [9.17, 15) is 35.9 Å². The van der Waals surface area contributed by atoms with Crippen molar-refractivity contribution in [3.8, 4) is 6.07 Å². The summed E-state index contributed by atoms with van der Waals surface area (Å²) in [5.41, 5.74) is 2.33. The molecule has 0 spiro atoms. The van der Waals surface area contributed by atoms with E-state index in [4.69, 9.17) is 45.8 Å². The van der Waals surface area contributed by atoms with Crippen molar-refractivity contribution in [1.29, 1.82) is 5.26 Å². The third-order valence-electron chi connectivity index (χ3n) is 6.57. The predicted octanol–water partition coefficient (Wildman–Crippen LogP) is 6.49. The summed E-state index contributed by atoms with van der Waals surface area (Å²) >= 11 is 18.6. The molecule has 3 atom stereocenters. The number of hydrogen-bond donors (Lipinski definition) is 3. The molecule has 0 saturated heterocycles. The number of nitriles is 1. The number of carbonyl (C=O) groups excluding carboxylic acids is 2. The third-order valence-corrected chi connectivity index (χ3v) is 7.87. The number of nitrogens with zero attached hydrogens (tertiary/aromatic N) is 2. The van der Waals surface area contributed by atoms with Gasteiger partial charge < -0.3 is 16.4 Å². The molecule has 2 aromatic rings. The molecule has 1 unspecified atom stereocenters. The number of nitrogens with two attached hydrogens (primary N) is 1. The van der Waals surface area contributed by atoms with E-state index in [2.05, 4.69) is 15.6 Å². The zero-order valence-electron chi connectivity index (χ0n) is 21.4. The van der Waals surface area contributed by atoms with E-state index >= 15 is 0 Å². The second kappa shape index (κ2) is 12.1. The van der Waals surface area contributed by atoms with E-state index in [1.54, 1.807) is 6.07 Å². The van der Waals surface area contributed by atoms with Gasteiger partial charge in [0.15, 0.2) is 11.6 Å². The standard InChI is InChI=1S/C27H18Cl3F6N5O2/c28-15-3-2-12(10-13(15)24(42)40-18-6-5-17(32)23(22(18)33)41-19(38)7-8-37)39-25(43)21-20(26(21,29)30)11-1-4-16(31)14(9-11)27(34,35)36/h1,3-6,9-10,12,20-21H,2,7H2,(H2,38,41)(H,39,43)(H,40,42)/t12?,20-,21+/m0/s1. The number of amidine groups is 1. The van der Waals surface area contributed by atoms with E-state index in [0.717, 1.165) is 18.2 Å². The van der Waals surface area contributed by atoms with E-state index in [1.807, 2.05) is 0 Å².